The molecule has 1 atom stereocenters. The largest absolute Gasteiger partial charge is 0.311 e. The Labute approximate surface area is 121 Å². The van der Waals surface area contributed by atoms with Crippen LogP contribution in [0.2, 0.25) is 0 Å². The fourth-order valence-electron chi connectivity index (χ4n) is 3.59. The summed E-state index contributed by atoms with van der Waals surface area (Å²) in [5.74, 6) is 0.551. The van der Waals surface area contributed by atoms with E-state index in [1.807, 2.05) is 7.05 Å². The summed E-state index contributed by atoms with van der Waals surface area (Å²) in [5.41, 5.74) is 0.703. The summed E-state index contributed by atoms with van der Waals surface area (Å²) in [6, 6.07) is 1.80. The van der Waals surface area contributed by atoms with E-state index in [0.717, 1.165) is 24.3 Å². The fourth-order valence-corrected chi connectivity index (χ4v) is 3.59. The summed E-state index contributed by atoms with van der Waals surface area (Å²) in [5, 5.41) is 3.36. The molecule has 112 valence electrons. The van der Waals surface area contributed by atoms with Gasteiger partial charge >= 0.3 is 0 Å². The van der Waals surface area contributed by atoms with Gasteiger partial charge in [0, 0.05) is 17.3 Å². The number of halogens is 1. The van der Waals surface area contributed by atoms with Gasteiger partial charge < -0.3 is 10.2 Å². The van der Waals surface area contributed by atoms with Crippen molar-refractivity contribution >= 4 is 0 Å². The molecule has 0 saturated heterocycles. The van der Waals surface area contributed by atoms with E-state index >= 15 is 0 Å². The molecule has 0 radical (unpaired) electrons. The summed E-state index contributed by atoms with van der Waals surface area (Å²) in [6.07, 6.45) is 7.57. The summed E-state index contributed by atoms with van der Waals surface area (Å²) in [7, 11) is 6.15. The molecule has 3 nitrogen and oxygen atoms in total. The van der Waals surface area contributed by atoms with Crippen LogP contribution in [0.15, 0.2) is 18.5 Å². The molecule has 20 heavy (non-hydrogen) atoms. The minimum absolute atomic E-state index is 0.00648. The van der Waals surface area contributed by atoms with Gasteiger partial charge in [0.2, 0.25) is 0 Å². The Morgan fingerprint density at radius 1 is 1.40 bits per heavy atom. The lowest BCUT2D eigenvalue weighted by molar-refractivity contribution is 0.0443. The highest BCUT2D eigenvalue weighted by atomic mass is 19.1. The number of pyridine rings is 1. The monoisotopic (exact) mass is 279 g/mol. The van der Waals surface area contributed by atoms with E-state index in [2.05, 4.69) is 36.2 Å². The molecule has 1 N–H and O–H groups in total. The molecule has 1 unspecified atom stereocenters. The van der Waals surface area contributed by atoms with Crippen LogP contribution in [-0.2, 0) is 0 Å². The number of aromatic nitrogens is 1. The molecule has 1 aliphatic rings. The van der Waals surface area contributed by atoms with Crippen molar-refractivity contribution in [1.29, 1.82) is 0 Å². The van der Waals surface area contributed by atoms with Gasteiger partial charge in [-0.3, -0.25) is 4.98 Å². The SMILES string of the molecule is CNC(c1ccncc1F)C1(N(C)C)CCC(C)CC1. The Balaban J connectivity index is 2.38. The number of nitrogens with zero attached hydrogens (tertiary/aromatic N) is 2. The lowest BCUT2D eigenvalue weighted by Gasteiger charge is -2.49. The smallest absolute Gasteiger partial charge is 0.146 e. The molecule has 4 heteroatoms. The number of hydrogen-bond acceptors (Lipinski definition) is 3. The molecule has 1 saturated carbocycles. The van der Waals surface area contributed by atoms with Gasteiger partial charge in [-0.2, -0.15) is 0 Å². The molecule has 1 aromatic rings. The average molecular weight is 279 g/mol. The molecule has 0 amide bonds. The highest BCUT2D eigenvalue weighted by molar-refractivity contribution is 5.23. The zero-order valence-electron chi connectivity index (χ0n) is 13.0. The highest BCUT2D eigenvalue weighted by Gasteiger charge is 2.43. The van der Waals surface area contributed by atoms with Crippen LogP contribution in [0, 0.1) is 11.7 Å². The number of rotatable bonds is 4. The van der Waals surface area contributed by atoms with Crippen molar-refractivity contribution in [3.05, 3.63) is 29.8 Å². The molecule has 2 rings (SSSR count). The first kappa shape index (κ1) is 15.4. The quantitative estimate of drug-likeness (QED) is 0.918. The molecular formula is C16H26FN3. The van der Waals surface area contributed by atoms with Crippen molar-refractivity contribution in [2.75, 3.05) is 21.1 Å². The number of nitrogens with one attached hydrogen (secondary N) is 1. The Morgan fingerprint density at radius 3 is 2.55 bits per heavy atom. The predicted octanol–water partition coefficient (Wildman–Crippen LogP) is 2.99. The topological polar surface area (TPSA) is 28.2 Å². The maximum atomic E-state index is 14.2. The van der Waals surface area contributed by atoms with Crippen LogP contribution in [0.4, 0.5) is 4.39 Å². The lowest BCUT2D eigenvalue weighted by atomic mass is 9.70. The van der Waals surface area contributed by atoms with Gasteiger partial charge in [-0.05, 0) is 58.8 Å². The molecule has 0 aromatic carbocycles. The standard InChI is InChI=1S/C16H26FN3/c1-12-5-8-16(9-6-12,20(3)4)15(18-2)13-7-10-19-11-14(13)17/h7,10-12,15,18H,5-6,8-9H2,1-4H3. The Bertz CT molecular complexity index is 439. The van der Waals surface area contributed by atoms with Crippen LogP contribution in [0.5, 0.6) is 0 Å². The molecule has 0 spiro atoms. The third-order valence-corrected chi connectivity index (χ3v) is 4.97. The third-order valence-electron chi connectivity index (χ3n) is 4.97. The van der Waals surface area contributed by atoms with Crippen LogP contribution in [-0.4, -0.2) is 36.6 Å². The summed E-state index contributed by atoms with van der Waals surface area (Å²) >= 11 is 0. The second kappa shape index (κ2) is 6.19. The van der Waals surface area contributed by atoms with Crippen molar-refractivity contribution in [2.24, 2.45) is 5.92 Å². The molecular weight excluding hydrogens is 253 g/mol. The van der Waals surface area contributed by atoms with Crippen LogP contribution in [0.25, 0.3) is 0 Å². The van der Waals surface area contributed by atoms with Crippen LogP contribution >= 0.6 is 0 Å². The second-order valence-electron chi connectivity index (χ2n) is 6.30. The Morgan fingerprint density at radius 2 is 2.05 bits per heavy atom. The first-order chi connectivity index (χ1) is 9.51. The van der Waals surface area contributed by atoms with E-state index < -0.39 is 0 Å². The highest BCUT2D eigenvalue weighted by Crippen LogP contribution is 2.43. The zero-order valence-corrected chi connectivity index (χ0v) is 13.0. The van der Waals surface area contributed by atoms with Crippen molar-refractivity contribution < 1.29 is 4.39 Å². The molecule has 1 aromatic heterocycles. The van der Waals surface area contributed by atoms with Crippen molar-refractivity contribution in [2.45, 2.75) is 44.2 Å². The third kappa shape index (κ3) is 2.72. The summed E-state index contributed by atoms with van der Waals surface area (Å²) in [4.78, 5) is 6.15. The second-order valence-corrected chi connectivity index (χ2v) is 6.30. The van der Waals surface area contributed by atoms with E-state index in [9.17, 15) is 4.39 Å². The van der Waals surface area contributed by atoms with E-state index in [4.69, 9.17) is 0 Å². The van der Waals surface area contributed by atoms with Gasteiger partial charge in [0.05, 0.1) is 12.2 Å². The van der Waals surface area contributed by atoms with Crippen molar-refractivity contribution in [3.8, 4) is 0 Å². The maximum absolute atomic E-state index is 14.2. The Kier molecular flexibility index (Phi) is 4.76. The minimum Gasteiger partial charge on any atom is -0.311 e. The van der Waals surface area contributed by atoms with Crippen LogP contribution < -0.4 is 5.32 Å². The van der Waals surface area contributed by atoms with Gasteiger partial charge in [-0.25, -0.2) is 4.39 Å². The zero-order chi connectivity index (χ0) is 14.8. The first-order valence-electron chi connectivity index (χ1n) is 7.45. The first-order valence-corrected chi connectivity index (χ1v) is 7.45. The van der Waals surface area contributed by atoms with Crippen molar-refractivity contribution in [1.82, 2.24) is 15.2 Å². The normalized spacial score (nSPS) is 28.6. The molecule has 1 aliphatic carbocycles. The van der Waals surface area contributed by atoms with E-state index in [1.54, 1.807) is 12.3 Å². The lowest BCUT2D eigenvalue weighted by Crippen LogP contribution is -2.55. The van der Waals surface area contributed by atoms with Gasteiger partial charge in [0.25, 0.3) is 0 Å². The predicted molar refractivity (Wildman–Crippen MR) is 80.0 cm³/mol. The van der Waals surface area contributed by atoms with E-state index in [0.29, 0.717) is 0 Å². The van der Waals surface area contributed by atoms with E-state index in [-0.39, 0.29) is 17.4 Å². The number of hydrogen-bond donors (Lipinski definition) is 1. The maximum Gasteiger partial charge on any atom is 0.146 e. The summed E-state index contributed by atoms with van der Waals surface area (Å²) < 4.78 is 14.2. The summed E-state index contributed by atoms with van der Waals surface area (Å²) in [6.45, 7) is 2.31. The minimum atomic E-state index is -0.216. The van der Waals surface area contributed by atoms with Gasteiger partial charge in [-0.1, -0.05) is 6.92 Å². The van der Waals surface area contributed by atoms with Crippen LogP contribution in [0.3, 0.4) is 0 Å². The van der Waals surface area contributed by atoms with Crippen LogP contribution in [0.1, 0.15) is 44.2 Å². The van der Waals surface area contributed by atoms with Gasteiger partial charge in [0.1, 0.15) is 5.82 Å². The molecule has 0 aliphatic heterocycles. The van der Waals surface area contributed by atoms with Crippen molar-refractivity contribution in [3.63, 3.8) is 0 Å². The molecule has 1 heterocycles. The number of likely N-dealkylation sites (N-methyl/N-ethyl adjacent to an activating group) is 2. The van der Waals surface area contributed by atoms with E-state index in [1.165, 1.54) is 19.0 Å². The average Bonchev–Trinajstić information content (AvgIpc) is 2.43. The van der Waals surface area contributed by atoms with Gasteiger partial charge in [-0.15, -0.1) is 0 Å². The molecule has 0 bridgehead atoms. The molecule has 1 fully saturated rings. The fraction of sp³-hybridized carbons (Fsp3) is 0.688. The van der Waals surface area contributed by atoms with Gasteiger partial charge in [0.15, 0.2) is 0 Å². The Hall–Kier alpha value is -1.00.